The molecule has 0 bridgehead atoms. The number of carbonyl (C=O) groups is 2. The molecule has 5 heteroatoms. The topological polar surface area (TPSA) is 55.2 Å². The van der Waals surface area contributed by atoms with Crippen LogP contribution in [0.4, 0.5) is 0 Å². The first-order chi connectivity index (χ1) is 12.2. The fourth-order valence-electron chi connectivity index (χ4n) is 3.39. The van der Waals surface area contributed by atoms with Gasteiger partial charge >= 0.3 is 0 Å². The molecule has 0 spiro atoms. The molecule has 2 heterocycles. The molecular weight excluding hydrogens is 314 g/mol. The van der Waals surface area contributed by atoms with E-state index >= 15 is 0 Å². The van der Waals surface area contributed by atoms with Crippen molar-refractivity contribution in [3.05, 3.63) is 54.4 Å². The molecule has 5 nitrogen and oxygen atoms in total. The van der Waals surface area contributed by atoms with Crippen molar-refractivity contribution >= 4 is 11.7 Å². The second kappa shape index (κ2) is 8.60. The van der Waals surface area contributed by atoms with Gasteiger partial charge in [-0.05, 0) is 30.9 Å². The molecule has 1 aliphatic heterocycles. The molecule has 1 atom stereocenters. The number of piperidine rings is 1. The number of hydrogen-bond acceptors (Lipinski definition) is 3. The summed E-state index contributed by atoms with van der Waals surface area (Å²) >= 11 is 0. The van der Waals surface area contributed by atoms with Crippen molar-refractivity contribution in [2.45, 2.75) is 38.6 Å². The highest BCUT2D eigenvalue weighted by molar-refractivity contribution is 5.84. The molecule has 1 fully saturated rings. The van der Waals surface area contributed by atoms with Crippen molar-refractivity contribution in [1.82, 2.24) is 14.7 Å². The average Bonchev–Trinajstić information content (AvgIpc) is 3.16. The summed E-state index contributed by atoms with van der Waals surface area (Å²) < 4.78 is 1.84. The molecule has 1 amide bonds. The Hall–Kier alpha value is -2.43. The van der Waals surface area contributed by atoms with Crippen LogP contribution in [0.5, 0.6) is 0 Å². The van der Waals surface area contributed by atoms with E-state index in [0.717, 1.165) is 37.9 Å². The Morgan fingerprint density at radius 1 is 1.16 bits per heavy atom. The predicted octanol–water partition coefficient (Wildman–Crippen LogP) is 2.71. The van der Waals surface area contributed by atoms with Gasteiger partial charge in [0.05, 0.1) is 0 Å². The zero-order valence-electron chi connectivity index (χ0n) is 14.5. The van der Waals surface area contributed by atoms with Gasteiger partial charge in [-0.2, -0.15) is 5.10 Å². The van der Waals surface area contributed by atoms with E-state index in [1.165, 1.54) is 0 Å². The number of rotatable bonds is 7. The second-order valence-electron chi connectivity index (χ2n) is 6.68. The number of benzene rings is 1. The summed E-state index contributed by atoms with van der Waals surface area (Å²) in [6.45, 7) is 2.10. The van der Waals surface area contributed by atoms with Gasteiger partial charge in [0.2, 0.25) is 5.91 Å². The molecule has 132 valence electrons. The smallest absolute Gasteiger partial charge is 0.222 e. The fraction of sp³-hybridized carbons (Fsp3) is 0.450. The average molecular weight is 339 g/mol. The third kappa shape index (κ3) is 5.02. The lowest BCUT2D eigenvalue weighted by atomic mass is 9.90. The standard InChI is InChI=1S/C20H25N3O2/c24-19(15-17-7-2-1-3-8-17)18-9-4-12-22(16-18)20(25)10-5-13-23-14-6-11-21-23/h1-3,6-8,11,14,18H,4-5,9-10,12-13,15-16H2/t18-/m0/s1. The first kappa shape index (κ1) is 17.4. The van der Waals surface area contributed by atoms with E-state index in [1.54, 1.807) is 6.20 Å². The Labute approximate surface area is 148 Å². The maximum atomic E-state index is 12.6. The van der Waals surface area contributed by atoms with Gasteiger partial charge in [0.1, 0.15) is 5.78 Å². The van der Waals surface area contributed by atoms with Gasteiger partial charge in [-0.1, -0.05) is 30.3 Å². The molecule has 2 aromatic rings. The van der Waals surface area contributed by atoms with Crippen LogP contribution in [0.1, 0.15) is 31.2 Å². The molecule has 3 rings (SSSR count). The van der Waals surface area contributed by atoms with Crippen LogP contribution >= 0.6 is 0 Å². The molecule has 0 radical (unpaired) electrons. The van der Waals surface area contributed by atoms with E-state index in [4.69, 9.17) is 0 Å². The summed E-state index contributed by atoms with van der Waals surface area (Å²) in [4.78, 5) is 26.9. The van der Waals surface area contributed by atoms with Crippen molar-refractivity contribution in [1.29, 1.82) is 0 Å². The number of nitrogens with zero attached hydrogens (tertiary/aromatic N) is 3. The lowest BCUT2D eigenvalue weighted by Gasteiger charge is -2.32. The number of aryl methyl sites for hydroxylation is 1. The molecule has 1 aromatic carbocycles. The summed E-state index contributed by atoms with van der Waals surface area (Å²) in [5.74, 6) is 0.383. The summed E-state index contributed by atoms with van der Waals surface area (Å²) in [6.07, 6.45) is 7.21. The molecule has 0 aliphatic carbocycles. The lowest BCUT2D eigenvalue weighted by Crippen LogP contribution is -2.42. The van der Waals surface area contributed by atoms with E-state index in [0.29, 0.717) is 19.4 Å². The molecule has 0 N–H and O–H groups in total. The van der Waals surface area contributed by atoms with Gasteiger partial charge in [-0.15, -0.1) is 0 Å². The Kier molecular flexibility index (Phi) is 5.99. The first-order valence-corrected chi connectivity index (χ1v) is 9.04. The van der Waals surface area contributed by atoms with Crippen LogP contribution in [0, 0.1) is 5.92 Å². The Morgan fingerprint density at radius 3 is 2.76 bits per heavy atom. The zero-order chi connectivity index (χ0) is 17.5. The van der Waals surface area contributed by atoms with Gasteiger partial charge in [-0.25, -0.2) is 0 Å². The van der Waals surface area contributed by atoms with Gasteiger partial charge < -0.3 is 4.90 Å². The number of carbonyl (C=O) groups excluding carboxylic acids is 2. The van der Waals surface area contributed by atoms with Crippen LogP contribution in [-0.2, 0) is 22.6 Å². The van der Waals surface area contributed by atoms with Crippen LogP contribution in [0.2, 0.25) is 0 Å². The van der Waals surface area contributed by atoms with Gasteiger partial charge in [0.15, 0.2) is 0 Å². The summed E-state index contributed by atoms with van der Waals surface area (Å²) in [6, 6.07) is 11.7. The van der Waals surface area contributed by atoms with Crippen molar-refractivity contribution < 1.29 is 9.59 Å². The highest BCUT2D eigenvalue weighted by Crippen LogP contribution is 2.20. The number of ketones is 1. The Bertz CT molecular complexity index is 682. The predicted molar refractivity (Wildman–Crippen MR) is 95.9 cm³/mol. The second-order valence-corrected chi connectivity index (χ2v) is 6.68. The highest BCUT2D eigenvalue weighted by Gasteiger charge is 2.27. The maximum absolute atomic E-state index is 12.6. The van der Waals surface area contributed by atoms with Crippen LogP contribution in [0.25, 0.3) is 0 Å². The number of amides is 1. The van der Waals surface area contributed by atoms with Gasteiger partial charge in [0, 0.05) is 50.8 Å². The van der Waals surface area contributed by atoms with Crippen molar-refractivity contribution in [2.75, 3.05) is 13.1 Å². The number of Topliss-reactive ketones (excluding diaryl/α,β-unsaturated/α-hetero) is 1. The SMILES string of the molecule is O=C(Cc1ccccc1)[C@H]1CCCN(C(=O)CCCn2cccn2)C1. The quantitative estimate of drug-likeness (QED) is 0.779. The Balaban J connectivity index is 1.46. The van der Waals surface area contributed by atoms with Crippen LogP contribution < -0.4 is 0 Å². The molecule has 1 aliphatic rings. The van der Waals surface area contributed by atoms with Gasteiger partial charge in [0.25, 0.3) is 0 Å². The number of aromatic nitrogens is 2. The van der Waals surface area contributed by atoms with E-state index < -0.39 is 0 Å². The molecule has 1 saturated heterocycles. The minimum atomic E-state index is -0.0241. The highest BCUT2D eigenvalue weighted by atomic mass is 16.2. The monoisotopic (exact) mass is 339 g/mol. The van der Waals surface area contributed by atoms with E-state index in [1.807, 2.05) is 52.2 Å². The lowest BCUT2D eigenvalue weighted by molar-refractivity contribution is -0.135. The summed E-state index contributed by atoms with van der Waals surface area (Å²) in [5, 5.41) is 4.15. The molecule has 0 saturated carbocycles. The zero-order valence-corrected chi connectivity index (χ0v) is 14.5. The minimum Gasteiger partial charge on any atom is -0.342 e. The van der Waals surface area contributed by atoms with Crippen LogP contribution in [0.15, 0.2) is 48.8 Å². The van der Waals surface area contributed by atoms with E-state index in [2.05, 4.69) is 5.10 Å². The third-order valence-electron chi connectivity index (χ3n) is 4.79. The third-order valence-corrected chi connectivity index (χ3v) is 4.79. The van der Waals surface area contributed by atoms with Gasteiger partial charge in [-0.3, -0.25) is 14.3 Å². The molecular formula is C20H25N3O2. The molecule has 25 heavy (non-hydrogen) atoms. The molecule has 1 aromatic heterocycles. The summed E-state index contributed by atoms with van der Waals surface area (Å²) in [7, 11) is 0. The van der Waals surface area contributed by atoms with Crippen LogP contribution in [-0.4, -0.2) is 39.5 Å². The largest absolute Gasteiger partial charge is 0.342 e. The number of likely N-dealkylation sites (tertiary alicyclic amines) is 1. The van der Waals surface area contributed by atoms with Crippen molar-refractivity contribution in [2.24, 2.45) is 5.92 Å². The van der Waals surface area contributed by atoms with Crippen molar-refractivity contribution in [3.63, 3.8) is 0 Å². The number of hydrogen-bond donors (Lipinski definition) is 0. The van der Waals surface area contributed by atoms with Crippen molar-refractivity contribution in [3.8, 4) is 0 Å². The maximum Gasteiger partial charge on any atom is 0.222 e. The van der Waals surface area contributed by atoms with E-state index in [-0.39, 0.29) is 17.6 Å². The molecule has 0 unspecified atom stereocenters. The fourth-order valence-corrected chi connectivity index (χ4v) is 3.39. The normalized spacial score (nSPS) is 17.4. The van der Waals surface area contributed by atoms with E-state index in [9.17, 15) is 9.59 Å². The summed E-state index contributed by atoms with van der Waals surface area (Å²) in [5.41, 5.74) is 1.05. The first-order valence-electron chi connectivity index (χ1n) is 9.04. The minimum absolute atomic E-state index is 0.0241. The van der Waals surface area contributed by atoms with Crippen LogP contribution in [0.3, 0.4) is 0 Å². The Morgan fingerprint density at radius 2 is 2.00 bits per heavy atom.